The van der Waals surface area contributed by atoms with Crippen LogP contribution in [0, 0.1) is 0 Å². The van der Waals surface area contributed by atoms with E-state index in [1.807, 2.05) is 24.3 Å². The first kappa shape index (κ1) is 17.0. The molecule has 0 atom stereocenters. The normalized spacial score (nSPS) is 10.2. The zero-order chi connectivity index (χ0) is 16.7. The third-order valence-electron chi connectivity index (χ3n) is 3.19. The molecular weight excluding hydrogens is 314 g/mol. The Kier molecular flexibility index (Phi) is 6.11. The summed E-state index contributed by atoms with van der Waals surface area (Å²) in [5.74, 6) is -0.304. The molecule has 0 aliphatic rings. The third-order valence-corrected chi connectivity index (χ3v) is 3.42. The van der Waals surface area contributed by atoms with Crippen molar-refractivity contribution in [2.75, 3.05) is 6.54 Å². The van der Waals surface area contributed by atoms with Crippen molar-refractivity contribution < 1.29 is 9.59 Å². The monoisotopic (exact) mass is 331 g/mol. The lowest BCUT2D eigenvalue weighted by molar-refractivity contribution is -0.119. The number of hydrogen-bond donors (Lipinski definition) is 2. The van der Waals surface area contributed by atoms with Gasteiger partial charge in [-0.05, 0) is 36.2 Å². The summed E-state index contributed by atoms with van der Waals surface area (Å²) >= 11 is 5.93. The Morgan fingerprint density at radius 1 is 1.17 bits per heavy atom. The number of nitrogens with zero attached hydrogens (tertiary/aromatic N) is 1. The summed E-state index contributed by atoms with van der Waals surface area (Å²) < 4.78 is 0. The van der Waals surface area contributed by atoms with Gasteiger partial charge < -0.3 is 10.6 Å². The zero-order valence-corrected chi connectivity index (χ0v) is 13.6. The second-order valence-electron chi connectivity index (χ2n) is 5.08. The molecule has 0 unspecified atom stereocenters. The summed E-state index contributed by atoms with van der Waals surface area (Å²) in [5, 5.41) is 6.20. The Hall–Kier alpha value is -2.40. The summed E-state index contributed by atoms with van der Waals surface area (Å²) in [7, 11) is 0. The molecule has 120 valence electrons. The molecule has 0 aliphatic heterocycles. The number of benzene rings is 1. The lowest BCUT2D eigenvalue weighted by Gasteiger charge is -2.07. The lowest BCUT2D eigenvalue weighted by atomic mass is 10.1. The molecule has 23 heavy (non-hydrogen) atoms. The first-order valence-corrected chi connectivity index (χ1v) is 7.64. The van der Waals surface area contributed by atoms with Gasteiger partial charge in [-0.25, -0.2) is 0 Å². The molecule has 0 saturated heterocycles. The standard InChI is InChI=1S/C17H18ClN3O2/c1-12(22)21-11-16-10-14(6-8-19-16)17(23)20-7-5-13-3-2-4-15(18)9-13/h2-4,6,8-10H,5,7,11H2,1H3,(H,20,23)(H,21,22). The highest BCUT2D eigenvalue weighted by atomic mass is 35.5. The fourth-order valence-corrected chi connectivity index (χ4v) is 2.26. The van der Waals surface area contributed by atoms with Crippen molar-refractivity contribution in [2.24, 2.45) is 0 Å². The molecule has 2 amide bonds. The van der Waals surface area contributed by atoms with Crippen LogP contribution < -0.4 is 10.6 Å². The molecule has 0 radical (unpaired) electrons. The van der Waals surface area contributed by atoms with Gasteiger partial charge in [0.15, 0.2) is 0 Å². The number of nitrogens with one attached hydrogen (secondary N) is 2. The Balaban J connectivity index is 1.87. The van der Waals surface area contributed by atoms with Crippen LogP contribution in [0.4, 0.5) is 0 Å². The minimum Gasteiger partial charge on any atom is -0.352 e. The summed E-state index contributed by atoms with van der Waals surface area (Å²) in [6, 6.07) is 10.9. The topological polar surface area (TPSA) is 71.1 Å². The van der Waals surface area contributed by atoms with Crippen molar-refractivity contribution in [3.05, 3.63) is 64.4 Å². The Morgan fingerprint density at radius 2 is 2.00 bits per heavy atom. The second-order valence-corrected chi connectivity index (χ2v) is 5.52. The van der Waals surface area contributed by atoms with Crippen molar-refractivity contribution >= 4 is 23.4 Å². The van der Waals surface area contributed by atoms with E-state index in [4.69, 9.17) is 11.6 Å². The van der Waals surface area contributed by atoms with Crippen LogP contribution in [0.2, 0.25) is 5.02 Å². The van der Waals surface area contributed by atoms with E-state index < -0.39 is 0 Å². The van der Waals surface area contributed by atoms with Crippen LogP contribution in [0.5, 0.6) is 0 Å². The predicted molar refractivity (Wildman–Crippen MR) is 89.2 cm³/mol. The van der Waals surface area contributed by atoms with E-state index in [1.165, 1.54) is 6.92 Å². The Bertz CT molecular complexity index is 704. The van der Waals surface area contributed by atoms with Gasteiger partial charge in [-0.2, -0.15) is 0 Å². The predicted octanol–water partition coefficient (Wildman–Crippen LogP) is 2.34. The second kappa shape index (κ2) is 8.29. The van der Waals surface area contributed by atoms with Crippen molar-refractivity contribution in [3.63, 3.8) is 0 Å². The van der Waals surface area contributed by atoms with E-state index in [1.54, 1.807) is 18.3 Å². The molecule has 0 bridgehead atoms. The van der Waals surface area contributed by atoms with Gasteiger partial charge in [0.05, 0.1) is 12.2 Å². The van der Waals surface area contributed by atoms with Crippen LogP contribution in [-0.4, -0.2) is 23.3 Å². The van der Waals surface area contributed by atoms with Gasteiger partial charge in [-0.15, -0.1) is 0 Å². The van der Waals surface area contributed by atoms with Crippen molar-refractivity contribution in [1.29, 1.82) is 0 Å². The first-order chi connectivity index (χ1) is 11.0. The maximum absolute atomic E-state index is 12.1. The van der Waals surface area contributed by atoms with Crippen molar-refractivity contribution in [3.8, 4) is 0 Å². The number of hydrogen-bond acceptors (Lipinski definition) is 3. The zero-order valence-electron chi connectivity index (χ0n) is 12.8. The summed E-state index contributed by atoms with van der Waals surface area (Å²) in [5.41, 5.74) is 2.23. The summed E-state index contributed by atoms with van der Waals surface area (Å²) in [6.45, 7) is 2.26. The fraction of sp³-hybridized carbons (Fsp3) is 0.235. The molecule has 5 nitrogen and oxygen atoms in total. The number of amides is 2. The van der Waals surface area contributed by atoms with Crippen LogP contribution in [0.1, 0.15) is 28.5 Å². The van der Waals surface area contributed by atoms with Gasteiger partial charge in [0.25, 0.3) is 5.91 Å². The van der Waals surface area contributed by atoms with E-state index in [2.05, 4.69) is 15.6 Å². The Morgan fingerprint density at radius 3 is 2.74 bits per heavy atom. The molecule has 0 saturated carbocycles. The molecule has 1 aromatic carbocycles. The van der Waals surface area contributed by atoms with Gasteiger partial charge in [-0.1, -0.05) is 23.7 Å². The van der Waals surface area contributed by atoms with E-state index in [0.29, 0.717) is 35.8 Å². The number of pyridine rings is 1. The average Bonchev–Trinajstić information content (AvgIpc) is 2.53. The molecule has 0 spiro atoms. The third kappa shape index (κ3) is 5.71. The fourth-order valence-electron chi connectivity index (χ4n) is 2.05. The van der Waals surface area contributed by atoms with E-state index in [9.17, 15) is 9.59 Å². The van der Waals surface area contributed by atoms with E-state index >= 15 is 0 Å². The minimum absolute atomic E-state index is 0.136. The highest BCUT2D eigenvalue weighted by molar-refractivity contribution is 6.30. The van der Waals surface area contributed by atoms with Crippen LogP contribution >= 0.6 is 11.6 Å². The highest BCUT2D eigenvalue weighted by Gasteiger charge is 2.07. The average molecular weight is 332 g/mol. The maximum Gasteiger partial charge on any atom is 0.251 e. The van der Waals surface area contributed by atoms with Gasteiger partial charge in [0.1, 0.15) is 0 Å². The number of carbonyl (C=O) groups excluding carboxylic acids is 2. The molecule has 1 heterocycles. The van der Waals surface area contributed by atoms with Crippen LogP contribution in [0.3, 0.4) is 0 Å². The molecule has 2 rings (SSSR count). The van der Waals surface area contributed by atoms with E-state index in [0.717, 1.165) is 5.56 Å². The summed E-state index contributed by atoms with van der Waals surface area (Å²) in [6.07, 6.45) is 2.26. The van der Waals surface area contributed by atoms with Gasteiger partial charge >= 0.3 is 0 Å². The van der Waals surface area contributed by atoms with E-state index in [-0.39, 0.29) is 11.8 Å². The summed E-state index contributed by atoms with van der Waals surface area (Å²) in [4.78, 5) is 27.2. The van der Waals surface area contributed by atoms with Crippen LogP contribution in [-0.2, 0) is 17.8 Å². The number of rotatable bonds is 6. The highest BCUT2D eigenvalue weighted by Crippen LogP contribution is 2.10. The maximum atomic E-state index is 12.1. The first-order valence-electron chi connectivity index (χ1n) is 7.26. The van der Waals surface area contributed by atoms with Crippen LogP contribution in [0.15, 0.2) is 42.6 Å². The largest absolute Gasteiger partial charge is 0.352 e. The minimum atomic E-state index is -0.168. The lowest BCUT2D eigenvalue weighted by Crippen LogP contribution is -2.26. The molecule has 0 fully saturated rings. The molecule has 2 aromatic rings. The number of aromatic nitrogens is 1. The van der Waals surface area contributed by atoms with Crippen molar-refractivity contribution in [2.45, 2.75) is 19.9 Å². The Labute approximate surface area is 140 Å². The quantitative estimate of drug-likeness (QED) is 0.853. The van der Waals surface area contributed by atoms with Crippen LogP contribution in [0.25, 0.3) is 0 Å². The molecular formula is C17H18ClN3O2. The molecule has 6 heteroatoms. The van der Waals surface area contributed by atoms with Gasteiger partial charge in [0.2, 0.25) is 5.91 Å². The van der Waals surface area contributed by atoms with Gasteiger partial charge in [0, 0.05) is 30.3 Å². The smallest absolute Gasteiger partial charge is 0.251 e. The SMILES string of the molecule is CC(=O)NCc1cc(C(=O)NCCc2cccc(Cl)c2)ccn1. The van der Waals surface area contributed by atoms with Gasteiger partial charge in [-0.3, -0.25) is 14.6 Å². The molecule has 0 aliphatic carbocycles. The number of carbonyl (C=O) groups is 2. The molecule has 1 aromatic heterocycles. The molecule has 2 N–H and O–H groups in total. The number of halogens is 1. The van der Waals surface area contributed by atoms with Crippen molar-refractivity contribution in [1.82, 2.24) is 15.6 Å².